The third-order valence-corrected chi connectivity index (χ3v) is 3.31. The Morgan fingerprint density at radius 2 is 2.00 bits per heavy atom. The second-order valence-electron chi connectivity index (χ2n) is 3.35. The van der Waals surface area contributed by atoms with Gasteiger partial charge in [-0.25, -0.2) is 18.4 Å². The topological polar surface area (TPSA) is 95.7 Å². The molecule has 0 saturated heterocycles. The highest BCUT2D eigenvalue weighted by Gasteiger charge is 2.14. The second kappa shape index (κ2) is 6.28. The lowest BCUT2D eigenvalue weighted by Crippen LogP contribution is -2.14. The number of benzene rings is 1. The average Bonchev–Trinajstić information content (AvgIpc) is 2.27. The SMILES string of the molecule is COCCOC(=O)c1cc(Br)cc(S(N)(=O)=O)c1. The van der Waals surface area contributed by atoms with Gasteiger partial charge in [0, 0.05) is 11.6 Å². The molecular weight excluding hydrogens is 326 g/mol. The molecule has 1 aromatic rings. The number of primary sulfonamides is 1. The lowest BCUT2D eigenvalue weighted by molar-refractivity contribution is 0.0388. The summed E-state index contributed by atoms with van der Waals surface area (Å²) in [4.78, 5) is 11.5. The van der Waals surface area contributed by atoms with E-state index in [2.05, 4.69) is 15.9 Å². The fourth-order valence-electron chi connectivity index (χ4n) is 1.15. The molecule has 0 heterocycles. The van der Waals surface area contributed by atoms with Gasteiger partial charge in [-0.15, -0.1) is 0 Å². The highest BCUT2D eigenvalue weighted by Crippen LogP contribution is 2.19. The van der Waals surface area contributed by atoms with Crippen molar-refractivity contribution < 1.29 is 22.7 Å². The van der Waals surface area contributed by atoms with Gasteiger partial charge >= 0.3 is 5.97 Å². The monoisotopic (exact) mass is 337 g/mol. The Labute approximate surface area is 113 Å². The smallest absolute Gasteiger partial charge is 0.338 e. The summed E-state index contributed by atoms with van der Waals surface area (Å²) in [5.74, 6) is -0.641. The van der Waals surface area contributed by atoms with Gasteiger partial charge in [-0.3, -0.25) is 0 Å². The van der Waals surface area contributed by atoms with E-state index in [1.165, 1.54) is 19.2 Å². The van der Waals surface area contributed by atoms with Gasteiger partial charge in [-0.1, -0.05) is 15.9 Å². The maximum absolute atomic E-state index is 11.6. The van der Waals surface area contributed by atoms with Crippen molar-refractivity contribution in [2.24, 2.45) is 5.14 Å². The van der Waals surface area contributed by atoms with Gasteiger partial charge in [0.2, 0.25) is 10.0 Å². The van der Waals surface area contributed by atoms with Crippen molar-refractivity contribution in [3.63, 3.8) is 0 Å². The van der Waals surface area contributed by atoms with E-state index >= 15 is 0 Å². The predicted octanol–water partition coefficient (Wildman–Crippen LogP) is 0.900. The maximum atomic E-state index is 11.6. The summed E-state index contributed by atoms with van der Waals surface area (Å²) in [6, 6.07) is 3.92. The number of methoxy groups -OCH3 is 1. The van der Waals surface area contributed by atoms with E-state index in [4.69, 9.17) is 14.6 Å². The fraction of sp³-hybridized carbons (Fsp3) is 0.300. The first-order valence-electron chi connectivity index (χ1n) is 4.84. The Hall–Kier alpha value is -0.960. The van der Waals surface area contributed by atoms with Crippen molar-refractivity contribution in [1.29, 1.82) is 0 Å². The summed E-state index contributed by atoms with van der Waals surface area (Å²) >= 11 is 3.10. The Kier molecular flexibility index (Phi) is 5.27. The van der Waals surface area contributed by atoms with E-state index in [0.29, 0.717) is 4.47 Å². The Bertz CT molecular complexity index is 543. The van der Waals surface area contributed by atoms with Crippen LogP contribution in [0.25, 0.3) is 0 Å². The third-order valence-electron chi connectivity index (χ3n) is 1.96. The normalized spacial score (nSPS) is 11.3. The zero-order chi connectivity index (χ0) is 13.8. The molecule has 0 saturated carbocycles. The molecule has 0 fully saturated rings. The molecule has 6 nitrogen and oxygen atoms in total. The minimum Gasteiger partial charge on any atom is -0.460 e. The molecule has 8 heteroatoms. The van der Waals surface area contributed by atoms with Crippen molar-refractivity contribution >= 4 is 31.9 Å². The first-order valence-corrected chi connectivity index (χ1v) is 7.18. The van der Waals surface area contributed by atoms with Crippen LogP contribution in [0.15, 0.2) is 27.6 Å². The fourth-order valence-corrected chi connectivity index (χ4v) is 2.37. The zero-order valence-electron chi connectivity index (χ0n) is 9.55. The van der Waals surface area contributed by atoms with Crippen LogP contribution in [0.4, 0.5) is 0 Å². The molecular formula is C10H12BrNO5S. The summed E-state index contributed by atoms with van der Waals surface area (Å²) in [5.41, 5.74) is 0.101. The maximum Gasteiger partial charge on any atom is 0.338 e. The molecule has 0 aliphatic heterocycles. The van der Waals surface area contributed by atoms with Gasteiger partial charge in [0.1, 0.15) is 6.61 Å². The first-order chi connectivity index (χ1) is 8.34. The Morgan fingerprint density at radius 1 is 1.33 bits per heavy atom. The number of halogens is 1. The molecule has 2 N–H and O–H groups in total. The third kappa shape index (κ3) is 4.37. The quantitative estimate of drug-likeness (QED) is 0.636. The number of hydrogen-bond donors (Lipinski definition) is 1. The number of rotatable bonds is 5. The number of carbonyl (C=O) groups is 1. The molecule has 0 atom stereocenters. The molecule has 1 aromatic carbocycles. The van der Waals surface area contributed by atoms with E-state index in [1.54, 1.807) is 0 Å². The van der Waals surface area contributed by atoms with Crippen LogP contribution < -0.4 is 5.14 Å². The van der Waals surface area contributed by atoms with Crippen LogP contribution in [0.3, 0.4) is 0 Å². The molecule has 18 heavy (non-hydrogen) atoms. The molecule has 0 spiro atoms. The summed E-state index contributed by atoms with van der Waals surface area (Å²) in [7, 11) is -2.39. The van der Waals surface area contributed by atoms with Gasteiger partial charge in [-0.05, 0) is 18.2 Å². The first kappa shape index (κ1) is 15.1. The molecule has 0 aliphatic carbocycles. The second-order valence-corrected chi connectivity index (χ2v) is 5.83. The molecule has 1 rings (SSSR count). The Balaban J connectivity index is 2.96. The van der Waals surface area contributed by atoms with Crippen molar-refractivity contribution in [2.75, 3.05) is 20.3 Å². The minimum absolute atomic E-state index is 0.0898. The number of nitrogens with two attached hydrogens (primary N) is 1. The van der Waals surface area contributed by atoms with Crippen molar-refractivity contribution in [1.82, 2.24) is 0 Å². The highest BCUT2D eigenvalue weighted by atomic mass is 79.9. The zero-order valence-corrected chi connectivity index (χ0v) is 12.0. The number of esters is 1. The number of sulfonamides is 1. The van der Waals surface area contributed by atoms with Gasteiger partial charge in [0.25, 0.3) is 0 Å². The molecule has 0 aromatic heterocycles. The van der Waals surface area contributed by atoms with Crippen molar-refractivity contribution in [3.8, 4) is 0 Å². The lowest BCUT2D eigenvalue weighted by atomic mass is 10.2. The average molecular weight is 338 g/mol. The lowest BCUT2D eigenvalue weighted by Gasteiger charge is -2.06. The van der Waals surface area contributed by atoms with Crippen LogP contribution in [-0.2, 0) is 19.5 Å². The van der Waals surface area contributed by atoms with Gasteiger partial charge < -0.3 is 9.47 Å². The molecule has 0 aliphatic rings. The predicted molar refractivity (Wildman–Crippen MR) is 67.7 cm³/mol. The van der Waals surface area contributed by atoms with Crippen LogP contribution in [0.5, 0.6) is 0 Å². The van der Waals surface area contributed by atoms with Crippen molar-refractivity contribution in [2.45, 2.75) is 4.90 Å². The summed E-state index contributed by atoms with van der Waals surface area (Å²) in [5, 5.41) is 5.00. The molecule has 0 radical (unpaired) electrons. The van der Waals surface area contributed by atoms with E-state index in [1.807, 2.05) is 0 Å². The van der Waals surface area contributed by atoms with Gasteiger partial charge in [0.15, 0.2) is 0 Å². The van der Waals surface area contributed by atoms with Crippen LogP contribution in [0, 0.1) is 0 Å². The molecule has 100 valence electrons. The van der Waals surface area contributed by atoms with Crippen LogP contribution in [0.1, 0.15) is 10.4 Å². The largest absolute Gasteiger partial charge is 0.460 e. The number of hydrogen-bond acceptors (Lipinski definition) is 5. The van der Waals surface area contributed by atoms with E-state index < -0.39 is 16.0 Å². The summed E-state index contributed by atoms with van der Waals surface area (Å²) in [6.07, 6.45) is 0. The molecule has 0 amide bonds. The van der Waals surface area contributed by atoms with Crippen LogP contribution in [-0.4, -0.2) is 34.7 Å². The highest BCUT2D eigenvalue weighted by molar-refractivity contribution is 9.10. The van der Waals surface area contributed by atoms with E-state index in [9.17, 15) is 13.2 Å². The van der Waals surface area contributed by atoms with Gasteiger partial charge in [-0.2, -0.15) is 0 Å². The van der Waals surface area contributed by atoms with Crippen LogP contribution >= 0.6 is 15.9 Å². The summed E-state index contributed by atoms with van der Waals surface area (Å²) in [6.45, 7) is 0.355. The molecule has 0 bridgehead atoms. The van der Waals surface area contributed by atoms with E-state index in [0.717, 1.165) is 6.07 Å². The Morgan fingerprint density at radius 3 is 2.56 bits per heavy atom. The standard InChI is InChI=1S/C10H12BrNO5S/c1-16-2-3-17-10(13)7-4-8(11)6-9(5-7)18(12,14)15/h4-6H,2-3H2,1H3,(H2,12,14,15). The molecule has 0 unspecified atom stereocenters. The van der Waals surface area contributed by atoms with E-state index in [-0.39, 0.29) is 23.7 Å². The minimum atomic E-state index is -3.87. The van der Waals surface area contributed by atoms with Crippen LogP contribution in [0.2, 0.25) is 0 Å². The number of ether oxygens (including phenoxy) is 2. The van der Waals surface area contributed by atoms with Crippen molar-refractivity contribution in [3.05, 3.63) is 28.2 Å². The number of carbonyl (C=O) groups excluding carboxylic acids is 1. The van der Waals surface area contributed by atoms with Gasteiger partial charge in [0.05, 0.1) is 17.1 Å². The summed E-state index contributed by atoms with van der Waals surface area (Å²) < 4.78 is 32.4.